The average molecular weight is 156 g/mol. The van der Waals surface area contributed by atoms with Gasteiger partial charge in [0.2, 0.25) is 0 Å². The second kappa shape index (κ2) is 2.66. The van der Waals surface area contributed by atoms with Crippen molar-refractivity contribution in [2.75, 3.05) is 0 Å². The molecule has 1 heterocycles. The Bertz CT molecular complexity index is 228. The van der Waals surface area contributed by atoms with E-state index in [4.69, 9.17) is 0 Å². The van der Waals surface area contributed by atoms with Crippen LogP contribution in [0.15, 0.2) is 11.2 Å². The fourth-order valence-electron chi connectivity index (χ4n) is 0.902. The Labute approximate surface area is 66.7 Å². The summed E-state index contributed by atoms with van der Waals surface area (Å²) in [6.07, 6.45) is 2.01. The normalized spacial score (nSPS) is 10.9. The van der Waals surface area contributed by atoms with Crippen LogP contribution in [0.4, 0.5) is 0 Å². The molecule has 2 nitrogen and oxygen atoms in total. The van der Waals surface area contributed by atoms with Crippen molar-refractivity contribution >= 4 is 12.6 Å². The molecule has 0 aliphatic heterocycles. The van der Waals surface area contributed by atoms with E-state index in [1.807, 2.05) is 13.2 Å². The van der Waals surface area contributed by atoms with E-state index >= 15 is 0 Å². The first-order valence-corrected chi connectivity index (χ1v) is 3.78. The van der Waals surface area contributed by atoms with Crippen LogP contribution in [0.2, 0.25) is 0 Å². The molecule has 56 valence electrons. The third kappa shape index (κ3) is 1.34. The second-order valence-electron chi connectivity index (χ2n) is 2.74. The number of nitrogens with zero attached hydrogens (tertiary/aromatic N) is 2. The summed E-state index contributed by atoms with van der Waals surface area (Å²) in [5, 5.41) is 4.96. The molecule has 0 saturated heterocycles. The van der Waals surface area contributed by atoms with Gasteiger partial charge in [-0.1, -0.05) is 13.8 Å². The zero-order chi connectivity index (χ0) is 7.72. The molecule has 0 spiro atoms. The van der Waals surface area contributed by atoms with Crippen LogP contribution in [-0.2, 0) is 7.05 Å². The Morgan fingerprint density at radius 3 is 2.40 bits per heavy atom. The van der Waals surface area contributed by atoms with Crippen molar-refractivity contribution in [2.24, 2.45) is 7.05 Å². The third-order valence-corrected chi connectivity index (χ3v) is 1.81. The van der Waals surface area contributed by atoms with Gasteiger partial charge in [-0.15, -0.1) is 12.6 Å². The molecule has 0 atom stereocenters. The van der Waals surface area contributed by atoms with Crippen LogP contribution in [-0.4, -0.2) is 9.78 Å². The number of hydrogen-bond acceptors (Lipinski definition) is 2. The number of thiol groups is 1. The maximum atomic E-state index is 4.23. The molecule has 0 aliphatic carbocycles. The predicted molar refractivity (Wildman–Crippen MR) is 44.5 cm³/mol. The van der Waals surface area contributed by atoms with E-state index in [-0.39, 0.29) is 0 Å². The largest absolute Gasteiger partial charge is 0.274 e. The highest BCUT2D eigenvalue weighted by Gasteiger charge is 2.06. The molecule has 3 heteroatoms. The summed E-state index contributed by atoms with van der Waals surface area (Å²) in [5.41, 5.74) is 1.21. The fraction of sp³-hybridized carbons (Fsp3) is 0.571. The van der Waals surface area contributed by atoms with Gasteiger partial charge in [0.05, 0.1) is 0 Å². The number of aryl methyl sites for hydroxylation is 1. The summed E-state index contributed by atoms with van der Waals surface area (Å²) < 4.78 is 1.79. The van der Waals surface area contributed by atoms with Crippen molar-refractivity contribution in [1.29, 1.82) is 0 Å². The molecule has 0 N–H and O–H groups in total. The summed E-state index contributed by atoms with van der Waals surface area (Å²) in [7, 11) is 1.91. The van der Waals surface area contributed by atoms with E-state index < -0.39 is 0 Å². The lowest BCUT2D eigenvalue weighted by molar-refractivity contribution is 0.739. The van der Waals surface area contributed by atoms with Gasteiger partial charge in [0.15, 0.2) is 0 Å². The van der Waals surface area contributed by atoms with Gasteiger partial charge in [0.1, 0.15) is 5.03 Å². The van der Waals surface area contributed by atoms with Crippen LogP contribution in [0, 0.1) is 0 Å². The summed E-state index contributed by atoms with van der Waals surface area (Å²) in [5.74, 6) is 0.515. The van der Waals surface area contributed by atoms with Crippen LogP contribution < -0.4 is 0 Å². The topological polar surface area (TPSA) is 17.8 Å². The minimum atomic E-state index is 0.515. The zero-order valence-corrected chi connectivity index (χ0v) is 7.39. The van der Waals surface area contributed by atoms with Crippen LogP contribution >= 0.6 is 12.6 Å². The van der Waals surface area contributed by atoms with E-state index in [9.17, 15) is 0 Å². The molecule has 0 amide bonds. The fourth-order valence-corrected chi connectivity index (χ4v) is 1.36. The van der Waals surface area contributed by atoms with Gasteiger partial charge < -0.3 is 0 Å². The van der Waals surface area contributed by atoms with Gasteiger partial charge in [0, 0.05) is 18.8 Å². The molecule has 0 fully saturated rings. The van der Waals surface area contributed by atoms with Crippen LogP contribution in [0.5, 0.6) is 0 Å². The lowest BCUT2D eigenvalue weighted by atomic mass is 10.1. The summed E-state index contributed by atoms with van der Waals surface area (Å²) in [4.78, 5) is 0. The van der Waals surface area contributed by atoms with Crippen molar-refractivity contribution < 1.29 is 0 Å². The van der Waals surface area contributed by atoms with E-state index in [0.29, 0.717) is 5.92 Å². The van der Waals surface area contributed by atoms with Crippen molar-refractivity contribution in [3.05, 3.63) is 11.8 Å². The van der Waals surface area contributed by atoms with Crippen molar-refractivity contribution in [2.45, 2.75) is 24.8 Å². The lowest BCUT2D eigenvalue weighted by Gasteiger charge is -1.98. The van der Waals surface area contributed by atoms with Crippen molar-refractivity contribution in [3.8, 4) is 0 Å². The van der Waals surface area contributed by atoms with Crippen LogP contribution in [0.25, 0.3) is 0 Å². The molecule has 0 aliphatic rings. The minimum absolute atomic E-state index is 0.515. The van der Waals surface area contributed by atoms with Crippen LogP contribution in [0.1, 0.15) is 25.3 Å². The smallest absolute Gasteiger partial charge is 0.119 e. The predicted octanol–water partition coefficient (Wildman–Crippen LogP) is 1.83. The van der Waals surface area contributed by atoms with Crippen molar-refractivity contribution in [1.82, 2.24) is 9.78 Å². The molecular weight excluding hydrogens is 144 g/mol. The van der Waals surface area contributed by atoms with E-state index in [2.05, 4.69) is 31.6 Å². The quantitative estimate of drug-likeness (QED) is 0.614. The Hall–Kier alpha value is -0.440. The summed E-state index contributed by atoms with van der Waals surface area (Å²) in [6, 6.07) is 0. The molecule has 1 aromatic rings. The Morgan fingerprint density at radius 1 is 1.60 bits per heavy atom. The first kappa shape index (κ1) is 7.66. The molecule has 10 heavy (non-hydrogen) atoms. The van der Waals surface area contributed by atoms with Gasteiger partial charge in [-0.05, 0) is 5.92 Å². The van der Waals surface area contributed by atoms with Gasteiger partial charge in [-0.3, -0.25) is 4.68 Å². The molecule has 1 rings (SSSR count). The standard InChI is InChI=1S/C7H12N2S/c1-5(2)6-4-9(3)8-7(6)10/h4-5H,1-3H3,(H,8,10). The Balaban J connectivity index is 3.03. The number of hydrogen-bond donors (Lipinski definition) is 1. The first-order chi connectivity index (χ1) is 4.61. The van der Waals surface area contributed by atoms with Gasteiger partial charge in [-0.25, -0.2) is 0 Å². The van der Waals surface area contributed by atoms with Gasteiger partial charge >= 0.3 is 0 Å². The summed E-state index contributed by atoms with van der Waals surface area (Å²) in [6.45, 7) is 4.27. The maximum absolute atomic E-state index is 4.23. The highest BCUT2D eigenvalue weighted by atomic mass is 32.1. The maximum Gasteiger partial charge on any atom is 0.119 e. The van der Waals surface area contributed by atoms with E-state index in [1.54, 1.807) is 4.68 Å². The molecule has 0 aromatic carbocycles. The SMILES string of the molecule is CC(C)c1cn(C)nc1S. The minimum Gasteiger partial charge on any atom is -0.274 e. The monoisotopic (exact) mass is 156 g/mol. The summed E-state index contributed by atoms with van der Waals surface area (Å²) >= 11 is 4.23. The molecule has 0 radical (unpaired) electrons. The Kier molecular flexibility index (Phi) is 2.04. The number of rotatable bonds is 1. The second-order valence-corrected chi connectivity index (χ2v) is 3.16. The van der Waals surface area contributed by atoms with Crippen molar-refractivity contribution in [3.63, 3.8) is 0 Å². The third-order valence-electron chi connectivity index (χ3n) is 1.46. The lowest BCUT2D eigenvalue weighted by Crippen LogP contribution is -1.85. The number of aromatic nitrogens is 2. The highest BCUT2D eigenvalue weighted by Crippen LogP contribution is 2.19. The Morgan fingerprint density at radius 2 is 2.20 bits per heavy atom. The van der Waals surface area contributed by atoms with Gasteiger partial charge in [0.25, 0.3) is 0 Å². The van der Waals surface area contributed by atoms with E-state index in [0.717, 1.165) is 5.03 Å². The average Bonchev–Trinajstić information content (AvgIpc) is 2.10. The molecule has 0 unspecified atom stereocenters. The molecule has 1 aromatic heterocycles. The zero-order valence-electron chi connectivity index (χ0n) is 6.50. The van der Waals surface area contributed by atoms with Gasteiger partial charge in [-0.2, -0.15) is 5.10 Å². The highest BCUT2D eigenvalue weighted by molar-refractivity contribution is 7.80. The molecule has 0 saturated carbocycles. The molecular formula is C7H12N2S. The van der Waals surface area contributed by atoms with Crippen LogP contribution in [0.3, 0.4) is 0 Å². The van der Waals surface area contributed by atoms with E-state index in [1.165, 1.54) is 5.56 Å². The molecule has 0 bridgehead atoms. The first-order valence-electron chi connectivity index (χ1n) is 3.33.